The van der Waals surface area contributed by atoms with Crippen LogP contribution in [0.1, 0.15) is 49.4 Å². The summed E-state index contributed by atoms with van der Waals surface area (Å²) in [5, 5.41) is 3.35. The van der Waals surface area contributed by atoms with Crippen LogP contribution in [0.2, 0.25) is 0 Å². The number of rotatable bonds is 7. The van der Waals surface area contributed by atoms with Gasteiger partial charge in [0.05, 0.1) is 6.61 Å². The average Bonchev–Trinajstić information content (AvgIpc) is 3.06. The maximum absolute atomic E-state index is 12.7. The Bertz CT molecular complexity index is 1300. The maximum Gasteiger partial charge on any atom is 0.223 e. The van der Waals surface area contributed by atoms with Gasteiger partial charge in [0.2, 0.25) is 5.91 Å². The fourth-order valence-electron chi connectivity index (χ4n) is 5.44. The van der Waals surface area contributed by atoms with Gasteiger partial charge in [0, 0.05) is 24.1 Å². The number of nitrogens with zero attached hydrogens (tertiary/aromatic N) is 1. The van der Waals surface area contributed by atoms with Crippen LogP contribution in [-0.4, -0.2) is 24.7 Å². The number of carbonyl (C=O) groups excluding carboxylic acids is 1. The molecule has 3 aromatic carbocycles. The summed E-state index contributed by atoms with van der Waals surface area (Å²) in [6, 6.07) is 22.7. The Morgan fingerprint density at radius 1 is 1.00 bits per heavy atom. The summed E-state index contributed by atoms with van der Waals surface area (Å²) in [5.41, 5.74) is 4.80. The first-order valence-corrected chi connectivity index (χ1v) is 12.7. The predicted octanol–water partition coefficient (Wildman–Crippen LogP) is 6.00. The van der Waals surface area contributed by atoms with E-state index in [-0.39, 0.29) is 11.3 Å². The van der Waals surface area contributed by atoms with Crippen LogP contribution in [0.25, 0.3) is 6.08 Å². The van der Waals surface area contributed by atoms with E-state index in [1.807, 2.05) is 55.5 Å². The molecule has 1 amide bonds. The van der Waals surface area contributed by atoms with Crippen molar-refractivity contribution in [3.05, 3.63) is 95.1 Å². The molecule has 1 saturated heterocycles. The number of carbonyl (C=O) groups is 1. The van der Waals surface area contributed by atoms with Crippen molar-refractivity contribution in [2.75, 3.05) is 18.1 Å². The summed E-state index contributed by atoms with van der Waals surface area (Å²) in [6.45, 7) is 10.2. The minimum atomic E-state index is -0.646. The second kappa shape index (κ2) is 9.38. The van der Waals surface area contributed by atoms with Crippen molar-refractivity contribution in [3.8, 4) is 11.5 Å². The van der Waals surface area contributed by atoms with Gasteiger partial charge in [-0.15, -0.1) is 0 Å². The first-order valence-electron chi connectivity index (χ1n) is 12.7. The standard InChI is InChI=1S/C31H34N2O3/c1-5-35-28-20-23(12-14-27(28)36-21-24-9-7-6-8-10-24)15-17-31-30(3,4)25-19-22(2)11-13-26(25)33(31)18-16-29(34)32-31/h6-15,17,19-20H,5,16,18,21H2,1-4H3,(H,32,34). The Morgan fingerprint density at radius 2 is 1.81 bits per heavy atom. The summed E-state index contributed by atoms with van der Waals surface area (Å²) in [5.74, 6) is 1.50. The Labute approximate surface area is 213 Å². The highest BCUT2D eigenvalue weighted by Gasteiger charge is 2.57. The van der Waals surface area contributed by atoms with Crippen LogP contribution in [0, 0.1) is 6.92 Å². The van der Waals surface area contributed by atoms with Crippen molar-refractivity contribution >= 4 is 17.7 Å². The lowest BCUT2D eigenvalue weighted by atomic mass is 9.74. The molecule has 186 valence electrons. The molecule has 0 saturated carbocycles. The van der Waals surface area contributed by atoms with E-state index in [9.17, 15) is 4.79 Å². The average molecular weight is 483 g/mol. The molecule has 5 heteroatoms. The minimum absolute atomic E-state index is 0.0770. The predicted molar refractivity (Wildman–Crippen MR) is 144 cm³/mol. The number of anilines is 1. The Kier molecular flexibility index (Phi) is 6.25. The molecule has 0 bridgehead atoms. The molecule has 36 heavy (non-hydrogen) atoms. The second-order valence-corrected chi connectivity index (χ2v) is 10.1. The molecule has 2 heterocycles. The topological polar surface area (TPSA) is 50.8 Å². The SMILES string of the molecule is CCOc1cc(C=CC23NC(=O)CCN2c2ccc(C)cc2C3(C)C)ccc1OCc1ccccc1. The van der Waals surface area contributed by atoms with Gasteiger partial charge < -0.3 is 19.7 Å². The zero-order valence-electron chi connectivity index (χ0n) is 21.5. The number of hydrogen-bond donors (Lipinski definition) is 1. The highest BCUT2D eigenvalue weighted by Crippen LogP contribution is 2.52. The van der Waals surface area contributed by atoms with Gasteiger partial charge in [-0.25, -0.2) is 0 Å². The van der Waals surface area contributed by atoms with Gasteiger partial charge in [-0.3, -0.25) is 4.79 Å². The third-order valence-corrected chi connectivity index (χ3v) is 7.41. The molecule has 3 aromatic rings. The highest BCUT2D eigenvalue weighted by atomic mass is 16.5. The molecule has 1 N–H and O–H groups in total. The molecular formula is C31H34N2O3. The maximum atomic E-state index is 12.7. The van der Waals surface area contributed by atoms with Crippen molar-refractivity contribution < 1.29 is 14.3 Å². The van der Waals surface area contributed by atoms with Crippen LogP contribution in [0.15, 0.2) is 72.8 Å². The largest absolute Gasteiger partial charge is 0.490 e. The smallest absolute Gasteiger partial charge is 0.223 e. The third kappa shape index (κ3) is 4.13. The fourth-order valence-corrected chi connectivity index (χ4v) is 5.44. The van der Waals surface area contributed by atoms with Gasteiger partial charge in [-0.1, -0.05) is 74.0 Å². The number of amides is 1. The molecular weight excluding hydrogens is 448 g/mol. The molecule has 1 unspecified atom stereocenters. The van der Waals surface area contributed by atoms with Gasteiger partial charge >= 0.3 is 0 Å². The Morgan fingerprint density at radius 3 is 2.58 bits per heavy atom. The van der Waals surface area contributed by atoms with Crippen molar-refractivity contribution in [1.82, 2.24) is 5.32 Å². The number of hydrogen-bond acceptors (Lipinski definition) is 4. The lowest BCUT2D eigenvalue weighted by molar-refractivity contribution is -0.124. The van der Waals surface area contributed by atoms with Crippen LogP contribution < -0.4 is 19.7 Å². The van der Waals surface area contributed by atoms with Crippen molar-refractivity contribution in [1.29, 1.82) is 0 Å². The van der Waals surface area contributed by atoms with Gasteiger partial charge in [0.15, 0.2) is 11.5 Å². The van der Waals surface area contributed by atoms with E-state index >= 15 is 0 Å². The molecule has 0 aromatic heterocycles. The summed E-state index contributed by atoms with van der Waals surface area (Å²) >= 11 is 0. The first-order chi connectivity index (χ1) is 17.3. The number of ether oxygens (including phenoxy) is 2. The lowest BCUT2D eigenvalue weighted by Crippen LogP contribution is -2.68. The molecule has 1 fully saturated rings. The zero-order chi connectivity index (χ0) is 25.3. The van der Waals surface area contributed by atoms with E-state index < -0.39 is 5.66 Å². The lowest BCUT2D eigenvalue weighted by Gasteiger charge is -2.49. The zero-order valence-corrected chi connectivity index (χ0v) is 21.5. The molecule has 2 aliphatic heterocycles. The Hall–Kier alpha value is -3.73. The van der Waals surface area contributed by atoms with Crippen LogP contribution in [0.5, 0.6) is 11.5 Å². The highest BCUT2D eigenvalue weighted by molar-refractivity contribution is 5.84. The summed E-state index contributed by atoms with van der Waals surface area (Å²) in [4.78, 5) is 15.0. The van der Waals surface area contributed by atoms with E-state index in [2.05, 4.69) is 61.3 Å². The molecule has 0 aliphatic carbocycles. The van der Waals surface area contributed by atoms with Crippen LogP contribution >= 0.6 is 0 Å². The quantitative estimate of drug-likeness (QED) is 0.449. The van der Waals surface area contributed by atoms with Crippen molar-refractivity contribution in [3.63, 3.8) is 0 Å². The number of fused-ring (bicyclic) bond motifs is 3. The van der Waals surface area contributed by atoms with E-state index in [1.54, 1.807) is 0 Å². The van der Waals surface area contributed by atoms with Crippen molar-refractivity contribution in [2.45, 2.75) is 51.8 Å². The van der Waals surface area contributed by atoms with Crippen LogP contribution in [0.3, 0.4) is 0 Å². The van der Waals surface area contributed by atoms with Gasteiger partial charge in [-0.05, 0) is 54.8 Å². The number of aryl methyl sites for hydroxylation is 1. The number of benzene rings is 3. The fraction of sp³-hybridized carbons (Fsp3) is 0.323. The van der Waals surface area contributed by atoms with E-state index in [0.29, 0.717) is 37.7 Å². The normalized spacial score (nSPS) is 20.1. The minimum Gasteiger partial charge on any atom is -0.490 e. The van der Waals surface area contributed by atoms with Crippen molar-refractivity contribution in [2.24, 2.45) is 0 Å². The summed E-state index contributed by atoms with van der Waals surface area (Å²) in [7, 11) is 0. The molecule has 2 aliphatic rings. The second-order valence-electron chi connectivity index (χ2n) is 10.1. The summed E-state index contributed by atoms with van der Waals surface area (Å²) < 4.78 is 12.0. The van der Waals surface area contributed by atoms with E-state index in [4.69, 9.17) is 9.47 Å². The van der Waals surface area contributed by atoms with E-state index in [1.165, 1.54) is 16.8 Å². The molecule has 5 rings (SSSR count). The van der Waals surface area contributed by atoms with Gasteiger partial charge in [0.25, 0.3) is 0 Å². The molecule has 1 atom stereocenters. The number of nitrogens with one attached hydrogen (secondary N) is 1. The summed E-state index contributed by atoms with van der Waals surface area (Å²) in [6.07, 6.45) is 4.72. The van der Waals surface area contributed by atoms with E-state index in [0.717, 1.165) is 11.1 Å². The first kappa shape index (κ1) is 24.0. The van der Waals surface area contributed by atoms with Gasteiger partial charge in [-0.2, -0.15) is 0 Å². The molecule has 0 spiro atoms. The monoisotopic (exact) mass is 482 g/mol. The van der Waals surface area contributed by atoms with Crippen LogP contribution in [-0.2, 0) is 16.8 Å². The van der Waals surface area contributed by atoms with Gasteiger partial charge in [0.1, 0.15) is 12.3 Å². The molecule has 0 radical (unpaired) electrons. The molecule has 5 nitrogen and oxygen atoms in total. The van der Waals surface area contributed by atoms with Crippen LogP contribution in [0.4, 0.5) is 5.69 Å². The third-order valence-electron chi connectivity index (χ3n) is 7.41. The Balaban J connectivity index is 1.47.